The monoisotopic (exact) mass is 383 g/mol. The highest BCUT2D eigenvalue weighted by molar-refractivity contribution is 5.84. The fourth-order valence-electron chi connectivity index (χ4n) is 6.87. The van der Waals surface area contributed by atoms with Gasteiger partial charge in [0.15, 0.2) is 0 Å². The van der Waals surface area contributed by atoms with Crippen LogP contribution in [0.15, 0.2) is 24.3 Å². The highest BCUT2D eigenvalue weighted by atomic mass is 16.4. The molecule has 4 nitrogen and oxygen atoms in total. The van der Waals surface area contributed by atoms with Gasteiger partial charge in [-0.15, -0.1) is 0 Å². The van der Waals surface area contributed by atoms with Crippen LogP contribution in [0.25, 0.3) is 0 Å². The molecule has 5 rings (SSSR count). The van der Waals surface area contributed by atoms with Crippen molar-refractivity contribution in [3.05, 3.63) is 35.4 Å². The third kappa shape index (κ3) is 3.25. The number of aliphatic carboxylic acids is 1. The van der Waals surface area contributed by atoms with Crippen molar-refractivity contribution in [3.8, 4) is 0 Å². The van der Waals surface area contributed by atoms with Crippen molar-refractivity contribution >= 4 is 11.9 Å². The van der Waals surface area contributed by atoms with Gasteiger partial charge in [-0.05, 0) is 82.1 Å². The Morgan fingerprint density at radius 3 is 2.25 bits per heavy atom. The number of carbonyl (C=O) groups excluding carboxylic acids is 1. The Morgan fingerprint density at radius 2 is 1.71 bits per heavy atom. The van der Waals surface area contributed by atoms with E-state index in [0.29, 0.717) is 18.4 Å². The summed E-state index contributed by atoms with van der Waals surface area (Å²) >= 11 is 0. The Kier molecular flexibility index (Phi) is 4.79. The Bertz CT molecular complexity index is 753. The highest BCUT2D eigenvalue weighted by Crippen LogP contribution is 2.66. The predicted molar refractivity (Wildman–Crippen MR) is 109 cm³/mol. The molecule has 152 valence electrons. The first kappa shape index (κ1) is 19.5. The van der Waals surface area contributed by atoms with Crippen LogP contribution < -0.4 is 0 Å². The lowest BCUT2D eigenvalue weighted by molar-refractivity contribution is -0.162. The van der Waals surface area contributed by atoms with Gasteiger partial charge >= 0.3 is 5.97 Å². The van der Waals surface area contributed by atoms with Crippen LogP contribution in [0.3, 0.4) is 0 Å². The highest BCUT2D eigenvalue weighted by Gasteiger charge is 2.61. The van der Waals surface area contributed by atoms with E-state index >= 15 is 0 Å². The minimum atomic E-state index is -0.833. The molecule has 28 heavy (non-hydrogen) atoms. The Morgan fingerprint density at radius 1 is 1.11 bits per heavy atom. The summed E-state index contributed by atoms with van der Waals surface area (Å²) < 4.78 is 0. The van der Waals surface area contributed by atoms with E-state index in [0.717, 1.165) is 19.3 Å². The maximum Gasteiger partial charge on any atom is 0.305 e. The smallest absolute Gasteiger partial charge is 0.305 e. The summed E-state index contributed by atoms with van der Waals surface area (Å²) in [7, 11) is 0. The average molecular weight is 384 g/mol. The fraction of sp³-hybridized carbons (Fsp3) is 0.667. The number of amides is 1. The first-order valence-corrected chi connectivity index (χ1v) is 10.8. The van der Waals surface area contributed by atoms with Crippen LogP contribution in [-0.2, 0) is 15.0 Å². The SMILES string of the molecule is Cc1ccc(C23CC4CC(CC(C(=O)N(CCC(=O)O)C(C)C)(C4)C2)C3)cc1. The van der Waals surface area contributed by atoms with Crippen molar-refractivity contribution in [3.63, 3.8) is 0 Å². The number of carboxylic acids is 1. The largest absolute Gasteiger partial charge is 0.481 e. The number of aryl methyl sites for hydroxylation is 1. The zero-order chi connectivity index (χ0) is 20.1. The molecule has 4 heteroatoms. The van der Waals surface area contributed by atoms with Gasteiger partial charge in [0.2, 0.25) is 5.91 Å². The van der Waals surface area contributed by atoms with E-state index in [2.05, 4.69) is 31.2 Å². The second-order valence-electron chi connectivity index (χ2n) is 10.1. The molecule has 1 amide bonds. The summed E-state index contributed by atoms with van der Waals surface area (Å²) in [6.07, 6.45) is 6.62. The molecule has 2 atom stereocenters. The predicted octanol–water partition coefficient (Wildman–Crippen LogP) is 4.54. The molecule has 2 unspecified atom stereocenters. The second kappa shape index (κ2) is 6.89. The maximum absolute atomic E-state index is 13.8. The van der Waals surface area contributed by atoms with E-state index in [1.165, 1.54) is 30.4 Å². The number of carbonyl (C=O) groups is 2. The van der Waals surface area contributed by atoms with Gasteiger partial charge in [-0.1, -0.05) is 29.8 Å². The fourth-order valence-corrected chi connectivity index (χ4v) is 6.87. The maximum atomic E-state index is 13.8. The van der Waals surface area contributed by atoms with Gasteiger partial charge in [-0.3, -0.25) is 9.59 Å². The molecule has 1 N–H and O–H groups in total. The Labute approximate surface area is 168 Å². The van der Waals surface area contributed by atoms with Gasteiger partial charge in [0, 0.05) is 12.6 Å². The molecule has 0 radical (unpaired) electrons. The van der Waals surface area contributed by atoms with E-state index in [4.69, 9.17) is 5.11 Å². The quantitative estimate of drug-likeness (QED) is 0.784. The van der Waals surface area contributed by atoms with Gasteiger partial charge in [0.1, 0.15) is 0 Å². The summed E-state index contributed by atoms with van der Waals surface area (Å²) in [4.78, 5) is 26.8. The lowest BCUT2D eigenvalue weighted by Crippen LogP contribution is -2.60. The normalized spacial score (nSPS) is 33.3. The van der Waals surface area contributed by atoms with E-state index in [-0.39, 0.29) is 29.2 Å². The van der Waals surface area contributed by atoms with Crippen molar-refractivity contribution < 1.29 is 14.7 Å². The van der Waals surface area contributed by atoms with Crippen LogP contribution in [0.1, 0.15) is 69.9 Å². The molecule has 0 spiro atoms. The Balaban J connectivity index is 1.66. The Hall–Kier alpha value is -1.84. The number of benzene rings is 1. The molecule has 4 aliphatic carbocycles. The van der Waals surface area contributed by atoms with Crippen molar-refractivity contribution in [1.29, 1.82) is 0 Å². The molecular weight excluding hydrogens is 350 g/mol. The molecule has 0 aliphatic heterocycles. The van der Waals surface area contributed by atoms with Crippen LogP contribution in [-0.4, -0.2) is 34.5 Å². The summed E-state index contributed by atoms with van der Waals surface area (Å²) in [5, 5.41) is 9.13. The summed E-state index contributed by atoms with van der Waals surface area (Å²) in [6.45, 7) is 6.46. The summed E-state index contributed by atoms with van der Waals surface area (Å²) in [5.74, 6) is 0.634. The van der Waals surface area contributed by atoms with Crippen LogP contribution in [0.5, 0.6) is 0 Å². The lowest BCUT2D eigenvalue weighted by atomic mass is 9.42. The molecule has 4 aliphatic rings. The summed E-state index contributed by atoms with van der Waals surface area (Å²) in [5.41, 5.74) is 2.52. The number of rotatable bonds is 6. The number of nitrogens with zero attached hydrogens (tertiary/aromatic N) is 1. The van der Waals surface area contributed by atoms with E-state index in [1.807, 2.05) is 18.7 Å². The van der Waals surface area contributed by atoms with Gasteiger partial charge in [0.25, 0.3) is 0 Å². The molecule has 0 saturated heterocycles. The topological polar surface area (TPSA) is 57.6 Å². The van der Waals surface area contributed by atoms with Crippen LogP contribution >= 0.6 is 0 Å². The van der Waals surface area contributed by atoms with Gasteiger partial charge in [-0.25, -0.2) is 0 Å². The average Bonchev–Trinajstić information content (AvgIpc) is 2.60. The van der Waals surface area contributed by atoms with Crippen molar-refractivity contribution in [2.24, 2.45) is 17.3 Å². The number of hydrogen-bond donors (Lipinski definition) is 1. The van der Waals surface area contributed by atoms with Crippen LogP contribution in [0, 0.1) is 24.2 Å². The standard InChI is InChI=1S/C24H33NO3/c1-16(2)25(9-8-21(26)27)22(28)24-13-18-10-19(14-24)12-23(11-18,15-24)20-6-4-17(3)5-7-20/h4-7,16,18-19H,8-15H2,1-3H3,(H,26,27). The number of carboxylic acid groups (broad SMARTS) is 1. The molecule has 0 heterocycles. The van der Waals surface area contributed by atoms with E-state index in [9.17, 15) is 9.59 Å². The van der Waals surface area contributed by atoms with Gasteiger partial charge in [-0.2, -0.15) is 0 Å². The lowest BCUT2D eigenvalue weighted by Gasteiger charge is -2.62. The van der Waals surface area contributed by atoms with Crippen LogP contribution in [0.2, 0.25) is 0 Å². The van der Waals surface area contributed by atoms with E-state index in [1.54, 1.807) is 0 Å². The van der Waals surface area contributed by atoms with Crippen molar-refractivity contribution in [1.82, 2.24) is 4.90 Å². The van der Waals surface area contributed by atoms with Crippen molar-refractivity contribution in [2.75, 3.05) is 6.54 Å². The molecule has 4 bridgehead atoms. The zero-order valence-electron chi connectivity index (χ0n) is 17.4. The summed E-state index contributed by atoms with van der Waals surface area (Å²) in [6, 6.07) is 9.01. The molecule has 0 aromatic heterocycles. The molecule has 4 saturated carbocycles. The zero-order valence-corrected chi connectivity index (χ0v) is 17.4. The molecule has 4 fully saturated rings. The first-order chi connectivity index (χ1) is 13.2. The molecule has 1 aromatic carbocycles. The third-order valence-electron chi connectivity index (χ3n) is 7.63. The minimum absolute atomic E-state index is 0.0238. The van der Waals surface area contributed by atoms with Crippen molar-refractivity contribution in [2.45, 2.75) is 77.2 Å². The van der Waals surface area contributed by atoms with E-state index < -0.39 is 5.97 Å². The molecule has 1 aromatic rings. The van der Waals surface area contributed by atoms with Gasteiger partial charge in [0.05, 0.1) is 11.8 Å². The van der Waals surface area contributed by atoms with Crippen LogP contribution in [0.4, 0.5) is 0 Å². The first-order valence-electron chi connectivity index (χ1n) is 10.8. The van der Waals surface area contributed by atoms with Gasteiger partial charge < -0.3 is 10.0 Å². The molecular formula is C24H33NO3. The third-order valence-corrected chi connectivity index (χ3v) is 7.63. The minimum Gasteiger partial charge on any atom is -0.481 e. The second-order valence-corrected chi connectivity index (χ2v) is 10.1. The number of hydrogen-bond acceptors (Lipinski definition) is 2.